The third-order valence-corrected chi connectivity index (χ3v) is 7.39. The second-order valence-electron chi connectivity index (χ2n) is 11.1. The van der Waals surface area contributed by atoms with E-state index in [1.165, 1.54) is 0 Å². The zero-order valence-corrected chi connectivity index (χ0v) is 25.3. The van der Waals surface area contributed by atoms with Crippen LogP contribution < -0.4 is 15.2 Å². The Hall–Kier alpha value is -2.94. The van der Waals surface area contributed by atoms with Gasteiger partial charge in [0.2, 0.25) is 0 Å². The Labute approximate surface area is 244 Å². The molecular formula is C32H49NO8. The van der Waals surface area contributed by atoms with Crippen molar-refractivity contribution in [3.63, 3.8) is 0 Å². The molecule has 2 N–H and O–H groups in total. The molecule has 0 radical (unpaired) electrons. The standard InChI is InChI=1S/C32H49NO8/c1-5-7-10-16-29(34)40-27-19-18-24(21-28(27)41-30(35)17-11-8-6-2)20-26(33)32(37)39-23(4)22(3)38-31(36)25-14-12-9-13-15-25/h18-19,21-23,25-26H,5-17,20,33H2,1-4H3/t22?,23-,26-/m0/s1. The van der Waals surface area contributed by atoms with E-state index in [0.717, 1.165) is 57.8 Å². The third-order valence-electron chi connectivity index (χ3n) is 7.39. The van der Waals surface area contributed by atoms with Crippen molar-refractivity contribution in [2.75, 3.05) is 0 Å². The Bertz CT molecular complexity index is 988. The fraction of sp³-hybridized carbons (Fsp3) is 0.688. The maximum Gasteiger partial charge on any atom is 0.323 e. The maximum absolute atomic E-state index is 12.8. The second kappa shape index (κ2) is 18.5. The van der Waals surface area contributed by atoms with Crippen molar-refractivity contribution in [3.05, 3.63) is 23.8 Å². The van der Waals surface area contributed by atoms with Crippen molar-refractivity contribution in [1.82, 2.24) is 0 Å². The van der Waals surface area contributed by atoms with Crippen molar-refractivity contribution in [2.45, 2.75) is 136 Å². The van der Waals surface area contributed by atoms with E-state index in [0.29, 0.717) is 18.4 Å². The zero-order chi connectivity index (χ0) is 30.2. The molecule has 41 heavy (non-hydrogen) atoms. The molecule has 0 bridgehead atoms. The number of nitrogens with two attached hydrogens (primary N) is 1. The minimum absolute atomic E-state index is 0.0927. The predicted octanol–water partition coefficient (Wildman–Crippen LogP) is 5.97. The normalized spacial score (nSPS) is 15.8. The van der Waals surface area contributed by atoms with Gasteiger partial charge in [-0.3, -0.25) is 19.2 Å². The van der Waals surface area contributed by atoms with Gasteiger partial charge in [0.25, 0.3) is 0 Å². The van der Waals surface area contributed by atoms with Gasteiger partial charge in [0.05, 0.1) is 5.92 Å². The summed E-state index contributed by atoms with van der Waals surface area (Å²) in [6, 6.07) is 3.79. The quantitative estimate of drug-likeness (QED) is 0.135. The van der Waals surface area contributed by atoms with Crippen molar-refractivity contribution >= 4 is 23.9 Å². The molecule has 0 amide bonds. The van der Waals surface area contributed by atoms with Crippen molar-refractivity contribution in [3.8, 4) is 11.5 Å². The number of ether oxygens (including phenoxy) is 4. The first kappa shape index (κ1) is 34.3. The number of rotatable bonds is 17. The van der Waals surface area contributed by atoms with Crippen molar-refractivity contribution < 1.29 is 38.1 Å². The SMILES string of the molecule is CCCCCC(=O)Oc1ccc(C[C@H](N)C(=O)O[C@@H](C)C(C)OC(=O)C2CCCCC2)cc1OC(=O)CCCCC. The summed E-state index contributed by atoms with van der Waals surface area (Å²) >= 11 is 0. The molecule has 1 aromatic carbocycles. The zero-order valence-electron chi connectivity index (χ0n) is 25.3. The van der Waals surface area contributed by atoms with Crippen LogP contribution in [0.5, 0.6) is 11.5 Å². The van der Waals surface area contributed by atoms with Gasteiger partial charge < -0.3 is 24.7 Å². The second-order valence-corrected chi connectivity index (χ2v) is 11.1. The first-order valence-electron chi connectivity index (χ1n) is 15.3. The van der Waals surface area contributed by atoms with Crippen LogP contribution in [0.4, 0.5) is 0 Å². The van der Waals surface area contributed by atoms with Gasteiger partial charge in [-0.15, -0.1) is 0 Å². The van der Waals surface area contributed by atoms with Crippen LogP contribution in [0, 0.1) is 5.92 Å². The molecule has 1 saturated carbocycles. The van der Waals surface area contributed by atoms with E-state index in [1.54, 1.807) is 32.0 Å². The van der Waals surface area contributed by atoms with E-state index < -0.39 is 36.2 Å². The third kappa shape index (κ3) is 12.6. The molecule has 2 rings (SSSR count). The highest BCUT2D eigenvalue weighted by Gasteiger charge is 2.28. The lowest BCUT2D eigenvalue weighted by atomic mass is 9.89. The molecule has 0 aliphatic heterocycles. The largest absolute Gasteiger partial charge is 0.459 e. The lowest BCUT2D eigenvalue weighted by Gasteiger charge is -2.26. The molecule has 0 heterocycles. The van der Waals surface area contributed by atoms with Crippen LogP contribution in [-0.4, -0.2) is 42.1 Å². The fourth-order valence-electron chi connectivity index (χ4n) is 4.65. The fourth-order valence-corrected chi connectivity index (χ4v) is 4.65. The van der Waals surface area contributed by atoms with Crippen LogP contribution in [0.15, 0.2) is 18.2 Å². The lowest BCUT2D eigenvalue weighted by molar-refractivity contribution is -0.169. The molecular weight excluding hydrogens is 526 g/mol. The summed E-state index contributed by atoms with van der Waals surface area (Å²) in [5.74, 6) is -1.53. The van der Waals surface area contributed by atoms with Gasteiger partial charge >= 0.3 is 23.9 Å². The predicted molar refractivity (Wildman–Crippen MR) is 155 cm³/mol. The van der Waals surface area contributed by atoms with Gasteiger partial charge in [-0.1, -0.05) is 64.9 Å². The Morgan fingerprint density at radius 2 is 1.37 bits per heavy atom. The maximum atomic E-state index is 12.8. The van der Waals surface area contributed by atoms with E-state index in [-0.39, 0.29) is 42.6 Å². The lowest BCUT2D eigenvalue weighted by Crippen LogP contribution is -2.40. The molecule has 3 atom stereocenters. The number of carbonyl (C=O) groups is 4. The monoisotopic (exact) mass is 575 g/mol. The summed E-state index contributed by atoms with van der Waals surface area (Å²) in [5.41, 5.74) is 6.77. The van der Waals surface area contributed by atoms with Crippen molar-refractivity contribution in [1.29, 1.82) is 0 Å². The van der Waals surface area contributed by atoms with Gasteiger partial charge in [-0.2, -0.15) is 0 Å². The van der Waals surface area contributed by atoms with Crippen LogP contribution in [0.3, 0.4) is 0 Å². The van der Waals surface area contributed by atoms with E-state index in [4.69, 9.17) is 24.7 Å². The first-order valence-corrected chi connectivity index (χ1v) is 15.3. The molecule has 1 aliphatic rings. The van der Waals surface area contributed by atoms with Crippen LogP contribution in [0.1, 0.15) is 117 Å². The average molecular weight is 576 g/mol. The van der Waals surface area contributed by atoms with Crippen LogP contribution >= 0.6 is 0 Å². The van der Waals surface area contributed by atoms with Crippen molar-refractivity contribution in [2.24, 2.45) is 11.7 Å². The number of carbonyl (C=O) groups excluding carboxylic acids is 4. The molecule has 230 valence electrons. The van der Waals surface area contributed by atoms with Gasteiger partial charge in [-0.25, -0.2) is 0 Å². The highest BCUT2D eigenvalue weighted by atomic mass is 16.6. The molecule has 1 unspecified atom stereocenters. The van der Waals surface area contributed by atoms with E-state index in [2.05, 4.69) is 6.92 Å². The summed E-state index contributed by atoms with van der Waals surface area (Å²) in [6.45, 7) is 7.47. The summed E-state index contributed by atoms with van der Waals surface area (Å²) in [4.78, 5) is 50.0. The molecule has 0 spiro atoms. The molecule has 1 aliphatic carbocycles. The average Bonchev–Trinajstić information content (AvgIpc) is 2.95. The Morgan fingerprint density at radius 1 is 0.805 bits per heavy atom. The Balaban J connectivity index is 2.00. The topological polar surface area (TPSA) is 131 Å². The summed E-state index contributed by atoms with van der Waals surface area (Å²) in [7, 11) is 0. The molecule has 0 saturated heterocycles. The molecule has 1 aromatic rings. The van der Waals surface area contributed by atoms with E-state index in [9.17, 15) is 19.2 Å². The van der Waals surface area contributed by atoms with Crippen LogP contribution in [0.2, 0.25) is 0 Å². The Morgan fingerprint density at radius 3 is 1.95 bits per heavy atom. The minimum atomic E-state index is -1.01. The number of hydrogen-bond donors (Lipinski definition) is 1. The van der Waals surface area contributed by atoms with Crippen LogP contribution in [-0.2, 0) is 35.1 Å². The van der Waals surface area contributed by atoms with Crippen LogP contribution in [0.25, 0.3) is 0 Å². The molecule has 0 aromatic heterocycles. The van der Waals surface area contributed by atoms with Gasteiger partial charge in [0, 0.05) is 12.8 Å². The highest BCUT2D eigenvalue weighted by Crippen LogP contribution is 2.30. The van der Waals surface area contributed by atoms with Gasteiger partial charge in [-0.05, 0) is 63.6 Å². The Kier molecular flexibility index (Phi) is 15.4. The number of esters is 4. The van der Waals surface area contributed by atoms with E-state index >= 15 is 0 Å². The van der Waals surface area contributed by atoms with E-state index in [1.807, 2.05) is 6.92 Å². The molecule has 1 fully saturated rings. The smallest absolute Gasteiger partial charge is 0.323 e. The highest BCUT2D eigenvalue weighted by molar-refractivity contribution is 5.77. The summed E-state index contributed by atoms with van der Waals surface area (Å²) in [6.07, 6.45) is 9.38. The number of benzene rings is 1. The summed E-state index contributed by atoms with van der Waals surface area (Å²) < 4.78 is 22.1. The van der Waals surface area contributed by atoms with Gasteiger partial charge in [0.15, 0.2) is 11.5 Å². The first-order chi connectivity index (χ1) is 19.6. The molecule has 9 heteroatoms. The minimum Gasteiger partial charge on any atom is -0.459 e. The van der Waals surface area contributed by atoms with Gasteiger partial charge in [0.1, 0.15) is 18.2 Å². The number of unbranched alkanes of at least 4 members (excludes halogenated alkanes) is 4. The summed E-state index contributed by atoms with van der Waals surface area (Å²) in [5, 5.41) is 0. The number of hydrogen-bond acceptors (Lipinski definition) is 9. The molecule has 9 nitrogen and oxygen atoms in total.